The molecule has 38 heavy (non-hydrogen) atoms. The quantitative estimate of drug-likeness (QED) is 0.195. The molecule has 1 saturated carbocycles. The largest absolute Gasteiger partial charge is 0.444 e. The zero-order chi connectivity index (χ0) is 28.0. The second-order valence-corrected chi connectivity index (χ2v) is 11.1. The minimum atomic E-state index is -0.725. The molecule has 2 rings (SSSR count). The molecule has 1 aromatic carbocycles. The Hall–Kier alpha value is -2.81. The fourth-order valence-electron chi connectivity index (χ4n) is 4.42. The third-order valence-electron chi connectivity index (χ3n) is 6.28. The van der Waals surface area contributed by atoms with E-state index in [1.165, 1.54) is 32.1 Å². The zero-order valence-electron chi connectivity index (χ0n) is 22.9. The third kappa shape index (κ3) is 13.1. The number of amides is 4. The summed E-state index contributed by atoms with van der Waals surface area (Å²) in [5, 5.41) is 11.1. The maximum atomic E-state index is 13.1. The third-order valence-corrected chi connectivity index (χ3v) is 6.52. The summed E-state index contributed by atoms with van der Waals surface area (Å²) in [7, 11) is 0. The number of rotatable bonds is 13. The Bertz CT molecular complexity index is 928. The lowest BCUT2D eigenvalue weighted by Gasteiger charge is -2.22. The number of carbonyl (C=O) groups excluding carboxylic acids is 4. The molecule has 0 aromatic heterocycles. The Labute approximate surface area is 231 Å². The summed E-state index contributed by atoms with van der Waals surface area (Å²) in [6.07, 6.45) is 8.45. The van der Waals surface area contributed by atoms with Crippen molar-refractivity contribution >= 4 is 46.8 Å². The van der Waals surface area contributed by atoms with Gasteiger partial charge in [0.2, 0.25) is 17.7 Å². The topological polar surface area (TPSA) is 126 Å². The van der Waals surface area contributed by atoms with Gasteiger partial charge in [0.25, 0.3) is 0 Å². The molecule has 0 radical (unpaired) electrons. The first kappa shape index (κ1) is 31.4. The van der Waals surface area contributed by atoms with Gasteiger partial charge in [0.1, 0.15) is 17.5 Å². The van der Waals surface area contributed by atoms with E-state index < -0.39 is 17.7 Å². The molecule has 1 aromatic rings. The lowest BCUT2D eigenvalue weighted by atomic mass is 9.86. The predicted molar refractivity (Wildman–Crippen MR) is 150 cm³/mol. The number of hydrogen-bond acceptors (Lipinski definition) is 5. The smallest absolute Gasteiger partial charge is 0.407 e. The molecule has 0 bridgehead atoms. The summed E-state index contributed by atoms with van der Waals surface area (Å²) in [6.45, 7) is 5.80. The Morgan fingerprint density at radius 1 is 1.00 bits per heavy atom. The molecule has 0 heterocycles. The minimum absolute atomic E-state index is 0.134. The molecule has 0 unspecified atom stereocenters. The highest BCUT2D eigenvalue weighted by atomic mass is 35.5. The van der Waals surface area contributed by atoms with Gasteiger partial charge in [-0.15, -0.1) is 11.6 Å². The van der Waals surface area contributed by atoms with Crippen molar-refractivity contribution < 1.29 is 23.9 Å². The number of benzene rings is 1. The lowest BCUT2D eigenvalue weighted by Crippen LogP contribution is -2.44. The molecule has 0 saturated heterocycles. The van der Waals surface area contributed by atoms with Crippen LogP contribution in [0.3, 0.4) is 0 Å². The highest BCUT2D eigenvalue weighted by Crippen LogP contribution is 2.27. The molecular weight excluding hydrogens is 508 g/mol. The van der Waals surface area contributed by atoms with Crippen LogP contribution in [0.4, 0.5) is 16.2 Å². The van der Waals surface area contributed by atoms with E-state index in [2.05, 4.69) is 21.3 Å². The van der Waals surface area contributed by atoms with Crippen LogP contribution in [0.5, 0.6) is 0 Å². The number of ether oxygens (including phenoxy) is 1. The van der Waals surface area contributed by atoms with Crippen LogP contribution < -0.4 is 21.3 Å². The van der Waals surface area contributed by atoms with Crippen molar-refractivity contribution in [2.45, 2.75) is 96.6 Å². The molecule has 1 aliphatic carbocycles. The predicted octanol–water partition coefficient (Wildman–Crippen LogP) is 5.34. The maximum Gasteiger partial charge on any atom is 0.407 e. The summed E-state index contributed by atoms with van der Waals surface area (Å²) in [6, 6.07) is 6.02. The highest BCUT2D eigenvalue weighted by molar-refractivity contribution is 6.29. The average molecular weight is 551 g/mol. The van der Waals surface area contributed by atoms with E-state index in [4.69, 9.17) is 16.3 Å². The first-order valence-corrected chi connectivity index (χ1v) is 14.1. The average Bonchev–Trinajstić information content (AvgIpc) is 2.86. The zero-order valence-corrected chi connectivity index (χ0v) is 23.6. The molecule has 4 amide bonds. The van der Waals surface area contributed by atoms with Gasteiger partial charge in [-0.25, -0.2) is 4.79 Å². The van der Waals surface area contributed by atoms with E-state index in [1.807, 2.05) is 0 Å². The van der Waals surface area contributed by atoms with E-state index in [-0.39, 0.29) is 23.6 Å². The van der Waals surface area contributed by atoms with Crippen molar-refractivity contribution in [3.63, 3.8) is 0 Å². The number of unbranched alkanes of at least 4 members (excludes halogenated alkanes) is 1. The fourth-order valence-corrected chi connectivity index (χ4v) is 4.49. The number of carbonyl (C=O) groups is 4. The molecule has 1 aliphatic rings. The van der Waals surface area contributed by atoms with E-state index in [0.29, 0.717) is 49.5 Å². The monoisotopic (exact) mass is 550 g/mol. The van der Waals surface area contributed by atoms with Gasteiger partial charge in [0, 0.05) is 24.3 Å². The number of alkyl carbamates (subject to hydrolysis) is 1. The van der Waals surface area contributed by atoms with Crippen molar-refractivity contribution in [3.8, 4) is 0 Å². The van der Waals surface area contributed by atoms with Crippen LogP contribution in [-0.2, 0) is 19.1 Å². The Balaban J connectivity index is 1.92. The van der Waals surface area contributed by atoms with Crippen LogP contribution in [0, 0.1) is 5.92 Å². The summed E-state index contributed by atoms with van der Waals surface area (Å²) < 4.78 is 5.24. The van der Waals surface area contributed by atoms with Gasteiger partial charge in [-0.05, 0) is 70.6 Å². The van der Waals surface area contributed by atoms with Gasteiger partial charge in [-0.1, -0.05) is 38.2 Å². The number of hydrogen-bond donors (Lipinski definition) is 4. The van der Waals surface area contributed by atoms with Gasteiger partial charge in [-0.3, -0.25) is 14.4 Å². The summed E-state index contributed by atoms with van der Waals surface area (Å²) in [5.74, 6) is -0.415. The summed E-state index contributed by atoms with van der Waals surface area (Å²) >= 11 is 5.56. The molecule has 212 valence electrons. The van der Waals surface area contributed by atoms with E-state index in [9.17, 15) is 19.2 Å². The Kier molecular flexibility index (Phi) is 13.4. The minimum Gasteiger partial charge on any atom is -0.444 e. The van der Waals surface area contributed by atoms with E-state index in [0.717, 1.165) is 6.42 Å². The number of nitrogens with one attached hydrogen (secondary N) is 4. The fraction of sp³-hybridized carbons (Fsp3) is 0.643. The van der Waals surface area contributed by atoms with Gasteiger partial charge < -0.3 is 26.0 Å². The van der Waals surface area contributed by atoms with Crippen molar-refractivity contribution in [1.29, 1.82) is 0 Å². The van der Waals surface area contributed by atoms with Crippen molar-refractivity contribution in [2.24, 2.45) is 5.92 Å². The molecule has 10 heteroatoms. The Morgan fingerprint density at radius 2 is 1.68 bits per heavy atom. The second kappa shape index (κ2) is 16.2. The molecule has 0 aliphatic heterocycles. The molecule has 1 atom stereocenters. The van der Waals surface area contributed by atoms with Crippen molar-refractivity contribution in [3.05, 3.63) is 24.3 Å². The molecular formula is C28H43ClN4O5. The van der Waals surface area contributed by atoms with Crippen LogP contribution in [0.25, 0.3) is 0 Å². The normalized spacial score (nSPS) is 14.7. The number of alkyl halides is 1. The number of anilines is 2. The molecule has 9 nitrogen and oxygen atoms in total. The van der Waals surface area contributed by atoms with Crippen molar-refractivity contribution in [2.75, 3.05) is 23.1 Å². The first-order chi connectivity index (χ1) is 18.1. The molecule has 1 fully saturated rings. The standard InChI is InChI=1S/C28H43ClN4O5/c1-28(2,3)38-27(37)30-17-8-7-14-23(33-24(34)16-15-20-10-5-4-6-11-20)26(36)32-22-13-9-12-21(18-22)31-25(35)19-29/h9,12-13,18,20,23H,4-8,10-11,14-17,19H2,1-3H3,(H,30,37)(H,31,35)(H,32,36)(H,33,34)/t23-/m0/s1. The van der Waals surface area contributed by atoms with Crippen LogP contribution in [-0.4, -0.2) is 47.9 Å². The van der Waals surface area contributed by atoms with E-state index in [1.54, 1.807) is 45.0 Å². The van der Waals surface area contributed by atoms with Crippen LogP contribution >= 0.6 is 11.6 Å². The van der Waals surface area contributed by atoms with Gasteiger partial charge >= 0.3 is 6.09 Å². The van der Waals surface area contributed by atoms with Gasteiger partial charge in [0.15, 0.2) is 0 Å². The van der Waals surface area contributed by atoms with Crippen LogP contribution in [0.15, 0.2) is 24.3 Å². The lowest BCUT2D eigenvalue weighted by molar-refractivity contribution is -0.126. The Morgan fingerprint density at radius 3 is 2.34 bits per heavy atom. The molecule has 4 N–H and O–H groups in total. The van der Waals surface area contributed by atoms with Gasteiger partial charge in [-0.2, -0.15) is 0 Å². The van der Waals surface area contributed by atoms with Gasteiger partial charge in [0.05, 0.1) is 0 Å². The number of halogens is 1. The second-order valence-electron chi connectivity index (χ2n) is 10.8. The SMILES string of the molecule is CC(C)(C)OC(=O)NCCCC[C@H](NC(=O)CCC1CCCCC1)C(=O)Nc1cccc(NC(=O)CCl)c1. The van der Waals surface area contributed by atoms with Crippen LogP contribution in [0.1, 0.15) is 85.0 Å². The summed E-state index contributed by atoms with van der Waals surface area (Å²) in [4.78, 5) is 49.3. The molecule has 0 spiro atoms. The van der Waals surface area contributed by atoms with E-state index >= 15 is 0 Å². The first-order valence-electron chi connectivity index (χ1n) is 13.6. The van der Waals surface area contributed by atoms with Crippen LogP contribution in [0.2, 0.25) is 0 Å². The van der Waals surface area contributed by atoms with Crippen molar-refractivity contribution in [1.82, 2.24) is 10.6 Å². The maximum absolute atomic E-state index is 13.1. The summed E-state index contributed by atoms with van der Waals surface area (Å²) in [5.41, 5.74) is 0.435. The highest BCUT2D eigenvalue weighted by Gasteiger charge is 2.22.